The van der Waals surface area contributed by atoms with Gasteiger partial charge in [0.25, 0.3) is 0 Å². The summed E-state index contributed by atoms with van der Waals surface area (Å²) in [4.78, 5) is 1.09. The Labute approximate surface area is 85.7 Å². The summed E-state index contributed by atoms with van der Waals surface area (Å²) in [5.74, 6) is 0. The first-order valence-electron chi connectivity index (χ1n) is 2.93. The molecule has 0 nitrogen and oxygen atoms in total. The van der Waals surface area contributed by atoms with E-state index in [2.05, 4.69) is 12.6 Å². The number of rotatable bonds is 2. The third kappa shape index (κ3) is 2.79. The van der Waals surface area contributed by atoms with Crippen molar-refractivity contribution in [3.05, 3.63) is 28.2 Å². The third-order valence-corrected chi connectivity index (χ3v) is 2.96. The second-order valence-electron chi connectivity index (χ2n) is 1.85. The van der Waals surface area contributed by atoms with Crippen LogP contribution in [0.2, 0.25) is 10.0 Å². The molecule has 1 aromatic carbocycles. The van der Waals surface area contributed by atoms with Crippen molar-refractivity contribution in [3.63, 3.8) is 0 Å². The Kier molecular flexibility index (Phi) is 3.93. The van der Waals surface area contributed by atoms with Gasteiger partial charge in [-0.05, 0) is 18.2 Å². The van der Waals surface area contributed by atoms with Crippen molar-refractivity contribution < 1.29 is 0 Å². The second-order valence-corrected chi connectivity index (χ2v) is 4.46. The highest BCUT2D eigenvalue weighted by atomic mass is 35.5. The predicted molar refractivity (Wildman–Crippen MR) is 56.2 cm³/mol. The van der Waals surface area contributed by atoms with Crippen molar-refractivity contribution in [2.24, 2.45) is 0 Å². The summed E-state index contributed by atoms with van der Waals surface area (Å²) in [5, 5.41) is 1.94. The molecule has 0 aliphatic rings. The van der Waals surface area contributed by atoms with Gasteiger partial charge in [-0.25, -0.2) is 0 Å². The van der Waals surface area contributed by atoms with Gasteiger partial charge in [0.2, 0.25) is 0 Å². The minimum Gasteiger partial charge on any atom is -0.168 e. The Bertz CT molecular complexity index is 250. The zero-order chi connectivity index (χ0) is 8.27. The van der Waals surface area contributed by atoms with Gasteiger partial charge < -0.3 is 0 Å². The molecule has 0 heterocycles. The van der Waals surface area contributed by atoms with Gasteiger partial charge >= 0.3 is 0 Å². The molecule has 0 spiro atoms. The Hall–Kier alpha value is 0.500. The summed E-state index contributed by atoms with van der Waals surface area (Å²) in [6, 6.07) is 5.55. The number of benzene rings is 1. The number of hydrogen-bond donors (Lipinski definition) is 1. The van der Waals surface area contributed by atoms with Gasteiger partial charge in [-0.1, -0.05) is 23.2 Å². The van der Waals surface area contributed by atoms with Gasteiger partial charge in [-0.15, -0.1) is 11.8 Å². The lowest BCUT2D eigenvalue weighted by atomic mass is 10.4. The molecule has 1 rings (SSSR count). The maximum Gasteiger partial charge on any atom is 0.0603 e. The van der Waals surface area contributed by atoms with Crippen molar-refractivity contribution in [2.75, 3.05) is 5.08 Å². The predicted octanol–water partition coefficient (Wildman–Crippen LogP) is 3.97. The van der Waals surface area contributed by atoms with E-state index in [0.717, 1.165) is 9.98 Å². The van der Waals surface area contributed by atoms with Crippen LogP contribution in [0, 0.1) is 0 Å². The zero-order valence-corrected chi connectivity index (χ0v) is 8.77. The molecule has 0 aliphatic heterocycles. The molecule has 0 aliphatic carbocycles. The van der Waals surface area contributed by atoms with Gasteiger partial charge in [0.05, 0.1) is 10.0 Å². The van der Waals surface area contributed by atoms with Crippen LogP contribution in [0.25, 0.3) is 0 Å². The molecule has 0 fully saturated rings. The summed E-state index contributed by atoms with van der Waals surface area (Å²) in [6.07, 6.45) is 0. The topological polar surface area (TPSA) is 0 Å². The summed E-state index contributed by atoms with van der Waals surface area (Å²) >= 11 is 17.2. The van der Waals surface area contributed by atoms with E-state index in [0.29, 0.717) is 10.0 Å². The zero-order valence-electron chi connectivity index (χ0n) is 5.55. The number of thiol groups is 1. The lowest BCUT2D eigenvalue weighted by Crippen LogP contribution is -1.72. The lowest BCUT2D eigenvalue weighted by molar-refractivity contribution is 1.47. The minimum atomic E-state index is 0.593. The van der Waals surface area contributed by atoms with Crippen molar-refractivity contribution in [2.45, 2.75) is 4.90 Å². The molecule has 1 aromatic rings. The fourth-order valence-corrected chi connectivity index (χ4v) is 1.97. The van der Waals surface area contributed by atoms with Gasteiger partial charge in [0, 0.05) is 9.98 Å². The molecule has 0 aromatic heterocycles. The van der Waals surface area contributed by atoms with Crippen molar-refractivity contribution >= 4 is 47.6 Å². The van der Waals surface area contributed by atoms with E-state index in [4.69, 9.17) is 23.2 Å². The number of hydrogen-bond acceptors (Lipinski definition) is 2. The van der Waals surface area contributed by atoms with E-state index < -0.39 is 0 Å². The summed E-state index contributed by atoms with van der Waals surface area (Å²) in [5.41, 5.74) is 0. The van der Waals surface area contributed by atoms with Crippen LogP contribution in [-0.4, -0.2) is 5.08 Å². The Morgan fingerprint density at radius 1 is 1.27 bits per heavy atom. The molecule has 11 heavy (non-hydrogen) atoms. The average Bonchev–Trinajstić information content (AvgIpc) is 1.98. The molecule has 4 heteroatoms. The van der Waals surface area contributed by atoms with Crippen molar-refractivity contribution in [1.82, 2.24) is 0 Å². The Morgan fingerprint density at radius 2 is 2.00 bits per heavy atom. The highest BCUT2D eigenvalue weighted by Gasteiger charge is 1.98. The molecule has 0 atom stereocenters. The Morgan fingerprint density at radius 3 is 2.55 bits per heavy atom. The van der Waals surface area contributed by atoms with Crippen LogP contribution in [0.15, 0.2) is 23.1 Å². The van der Waals surface area contributed by atoms with E-state index in [9.17, 15) is 0 Å². The van der Waals surface area contributed by atoms with Crippen LogP contribution in [-0.2, 0) is 0 Å². The van der Waals surface area contributed by atoms with E-state index in [-0.39, 0.29) is 0 Å². The van der Waals surface area contributed by atoms with Gasteiger partial charge in [0.1, 0.15) is 0 Å². The SMILES string of the molecule is SCSc1ccc(Cl)c(Cl)c1. The molecule has 0 unspecified atom stereocenters. The minimum absolute atomic E-state index is 0.593. The first-order chi connectivity index (χ1) is 5.24. The molecule has 60 valence electrons. The third-order valence-electron chi connectivity index (χ3n) is 1.12. The largest absolute Gasteiger partial charge is 0.168 e. The smallest absolute Gasteiger partial charge is 0.0603 e. The fourth-order valence-electron chi connectivity index (χ4n) is 0.641. The standard InChI is InChI=1S/C7H6Cl2S2/c8-6-2-1-5(11-4-10)3-7(6)9/h1-3,10H,4H2. The van der Waals surface area contributed by atoms with Gasteiger partial charge in [-0.3, -0.25) is 0 Å². The van der Waals surface area contributed by atoms with Crippen LogP contribution < -0.4 is 0 Å². The highest BCUT2D eigenvalue weighted by Crippen LogP contribution is 2.27. The molecular weight excluding hydrogens is 219 g/mol. The monoisotopic (exact) mass is 224 g/mol. The normalized spacial score (nSPS) is 10.1. The molecule has 0 saturated carbocycles. The van der Waals surface area contributed by atoms with Crippen LogP contribution in [0.5, 0.6) is 0 Å². The highest BCUT2D eigenvalue weighted by molar-refractivity contribution is 8.09. The molecule has 0 radical (unpaired) electrons. The quantitative estimate of drug-likeness (QED) is 0.451. The van der Waals surface area contributed by atoms with Crippen LogP contribution in [0.1, 0.15) is 0 Å². The van der Waals surface area contributed by atoms with Gasteiger partial charge in [-0.2, -0.15) is 12.6 Å². The fraction of sp³-hybridized carbons (Fsp3) is 0.143. The summed E-state index contributed by atoms with van der Waals surface area (Å²) in [6.45, 7) is 0. The maximum absolute atomic E-state index is 5.78. The average molecular weight is 225 g/mol. The molecule has 0 saturated heterocycles. The van der Waals surface area contributed by atoms with Crippen LogP contribution in [0.3, 0.4) is 0 Å². The van der Waals surface area contributed by atoms with E-state index >= 15 is 0 Å². The molecule has 0 amide bonds. The molecule has 0 N–H and O–H groups in total. The molecule has 0 bridgehead atoms. The van der Waals surface area contributed by atoms with E-state index in [1.165, 1.54) is 0 Å². The van der Waals surface area contributed by atoms with Crippen LogP contribution >= 0.6 is 47.6 Å². The van der Waals surface area contributed by atoms with E-state index in [1.54, 1.807) is 17.8 Å². The van der Waals surface area contributed by atoms with Gasteiger partial charge in [0.15, 0.2) is 0 Å². The van der Waals surface area contributed by atoms with E-state index in [1.807, 2.05) is 12.1 Å². The first kappa shape index (κ1) is 9.59. The van der Waals surface area contributed by atoms with Crippen molar-refractivity contribution in [3.8, 4) is 0 Å². The Balaban J connectivity index is 2.86. The lowest BCUT2D eigenvalue weighted by Gasteiger charge is -1.99. The second kappa shape index (κ2) is 4.51. The summed E-state index contributed by atoms with van der Waals surface area (Å²) in [7, 11) is 0. The number of halogens is 2. The number of thioether (sulfide) groups is 1. The van der Waals surface area contributed by atoms with Crippen LogP contribution in [0.4, 0.5) is 0 Å². The summed E-state index contributed by atoms with van der Waals surface area (Å²) < 4.78 is 0. The van der Waals surface area contributed by atoms with Crippen molar-refractivity contribution in [1.29, 1.82) is 0 Å². The first-order valence-corrected chi connectivity index (χ1v) is 5.30. The maximum atomic E-state index is 5.78. The molecular formula is C7H6Cl2S2.